The predicted octanol–water partition coefficient (Wildman–Crippen LogP) is 3.00. The van der Waals surface area contributed by atoms with Gasteiger partial charge in [-0.25, -0.2) is 0 Å². The summed E-state index contributed by atoms with van der Waals surface area (Å²) in [4.78, 5) is 0.106. The van der Waals surface area contributed by atoms with E-state index in [4.69, 9.17) is 4.18 Å². The van der Waals surface area contributed by atoms with E-state index >= 15 is 0 Å². The summed E-state index contributed by atoms with van der Waals surface area (Å²) in [6, 6.07) is 14.4. The van der Waals surface area contributed by atoms with Crippen LogP contribution in [0.25, 0.3) is 0 Å². The van der Waals surface area contributed by atoms with Crippen LogP contribution in [0.1, 0.15) is 23.1 Å². The highest BCUT2D eigenvalue weighted by molar-refractivity contribution is 7.86. The normalized spacial score (nSPS) is 13.0. The van der Waals surface area contributed by atoms with Crippen molar-refractivity contribution in [2.45, 2.75) is 37.7 Å². The molecular formula is C18H22O4S. The summed E-state index contributed by atoms with van der Waals surface area (Å²) < 4.78 is 29.0. The van der Waals surface area contributed by atoms with Gasteiger partial charge in [-0.2, -0.15) is 8.42 Å². The largest absolute Gasteiger partial charge is 0.391 e. The maximum atomic E-state index is 12.0. The number of aryl methyl sites for hydroxylation is 3. The fourth-order valence-corrected chi connectivity index (χ4v) is 3.18. The molecule has 4 nitrogen and oxygen atoms in total. The van der Waals surface area contributed by atoms with Gasteiger partial charge >= 0.3 is 0 Å². The van der Waals surface area contributed by atoms with E-state index in [1.165, 1.54) is 12.1 Å². The summed E-state index contributed by atoms with van der Waals surface area (Å²) in [6.07, 6.45) is 0.311. The van der Waals surface area contributed by atoms with E-state index in [0.29, 0.717) is 12.8 Å². The zero-order valence-electron chi connectivity index (χ0n) is 13.4. The van der Waals surface area contributed by atoms with Crippen LogP contribution < -0.4 is 0 Å². The second-order valence-corrected chi connectivity index (χ2v) is 7.29. The van der Waals surface area contributed by atoms with E-state index in [1.807, 2.05) is 38.1 Å². The average molecular weight is 334 g/mol. The first-order chi connectivity index (χ1) is 10.9. The van der Waals surface area contributed by atoms with Crippen molar-refractivity contribution in [3.63, 3.8) is 0 Å². The molecule has 1 unspecified atom stereocenters. The molecule has 1 N–H and O–H groups in total. The Bertz CT molecular complexity index is 736. The second kappa shape index (κ2) is 7.73. The van der Waals surface area contributed by atoms with Crippen molar-refractivity contribution in [3.05, 3.63) is 65.2 Å². The molecule has 23 heavy (non-hydrogen) atoms. The van der Waals surface area contributed by atoms with Crippen molar-refractivity contribution in [2.24, 2.45) is 0 Å². The van der Waals surface area contributed by atoms with Gasteiger partial charge in [-0.05, 0) is 49.9 Å². The van der Waals surface area contributed by atoms with Crippen molar-refractivity contribution in [1.29, 1.82) is 0 Å². The molecule has 0 aliphatic heterocycles. The van der Waals surface area contributed by atoms with Crippen LogP contribution in [0.15, 0.2) is 53.4 Å². The molecule has 0 aromatic heterocycles. The number of hydrogen-bond acceptors (Lipinski definition) is 4. The van der Waals surface area contributed by atoms with Gasteiger partial charge in [0, 0.05) is 0 Å². The molecule has 2 aromatic rings. The van der Waals surface area contributed by atoms with E-state index in [9.17, 15) is 13.5 Å². The maximum absolute atomic E-state index is 12.0. The Morgan fingerprint density at radius 1 is 1.04 bits per heavy atom. The highest BCUT2D eigenvalue weighted by Gasteiger charge is 2.17. The Hall–Kier alpha value is -1.69. The molecule has 0 amide bonds. The minimum Gasteiger partial charge on any atom is -0.391 e. The molecule has 0 saturated carbocycles. The highest BCUT2D eigenvalue weighted by atomic mass is 32.2. The third-order valence-corrected chi connectivity index (χ3v) is 5.03. The summed E-state index contributed by atoms with van der Waals surface area (Å²) in [5.41, 5.74) is 3.28. The number of benzene rings is 2. The van der Waals surface area contributed by atoms with Crippen LogP contribution in [-0.4, -0.2) is 26.2 Å². The van der Waals surface area contributed by atoms with Crippen molar-refractivity contribution >= 4 is 10.1 Å². The first-order valence-electron chi connectivity index (χ1n) is 7.57. The van der Waals surface area contributed by atoms with Gasteiger partial charge in [0.2, 0.25) is 0 Å². The molecule has 0 aliphatic carbocycles. The molecule has 124 valence electrons. The van der Waals surface area contributed by atoms with Crippen molar-refractivity contribution in [1.82, 2.24) is 0 Å². The molecule has 0 saturated heterocycles. The van der Waals surface area contributed by atoms with E-state index in [2.05, 4.69) is 0 Å². The van der Waals surface area contributed by atoms with Gasteiger partial charge in [-0.15, -0.1) is 0 Å². The Labute approximate surface area is 137 Å². The van der Waals surface area contributed by atoms with Crippen molar-refractivity contribution in [3.8, 4) is 0 Å². The second-order valence-electron chi connectivity index (χ2n) is 5.67. The molecule has 0 bridgehead atoms. The van der Waals surface area contributed by atoms with E-state index in [-0.39, 0.29) is 11.5 Å². The van der Waals surface area contributed by atoms with Crippen LogP contribution in [0.2, 0.25) is 0 Å². The number of aliphatic hydroxyl groups excluding tert-OH is 1. The fourth-order valence-electron chi connectivity index (χ4n) is 2.24. The number of rotatable bonds is 7. The van der Waals surface area contributed by atoms with Gasteiger partial charge in [0.1, 0.15) is 0 Å². The minimum absolute atomic E-state index is 0.106. The summed E-state index contributed by atoms with van der Waals surface area (Å²) in [6.45, 7) is 3.66. The quantitative estimate of drug-likeness (QED) is 0.791. The maximum Gasteiger partial charge on any atom is 0.297 e. The van der Waals surface area contributed by atoms with E-state index in [0.717, 1.165) is 16.7 Å². The first kappa shape index (κ1) is 17.7. The Kier molecular flexibility index (Phi) is 5.93. The first-order valence-corrected chi connectivity index (χ1v) is 8.98. The third kappa shape index (κ3) is 5.16. The van der Waals surface area contributed by atoms with E-state index in [1.54, 1.807) is 12.1 Å². The fraction of sp³-hybridized carbons (Fsp3) is 0.333. The van der Waals surface area contributed by atoms with Gasteiger partial charge in [0.15, 0.2) is 0 Å². The lowest BCUT2D eigenvalue weighted by molar-refractivity contribution is 0.103. The summed E-state index contributed by atoms with van der Waals surface area (Å²) >= 11 is 0. The molecule has 0 spiro atoms. The molecule has 0 radical (unpaired) electrons. The molecule has 2 rings (SSSR count). The summed E-state index contributed by atoms with van der Waals surface area (Å²) in [7, 11) is -3.82. The van der Waals surface area contributed by atoms with Gasteiger partial charge in [0.05, 0.1) is 17.6 Å². The van der Waals surface area contributed by atoms with Crippen LogP contribution in [-0.2, 0) is 20.7 Å². The van der Waals surface area contributed by atoms with Gasteiger partial charge < -0.3 is 5.11 Å². The van der Waals surface area contributed by atoms with E-state index < -0.39 is 16.2 Å². The van der Waals surface area contributed by atoms with Gasteiger partial charge in [-0.1, -0.05) is 42.0 Å². The van der Waals surface area contributed by atoms with Gasteiger partial charge in [-0.3, -0.25) is 4.18 Å². The number of hydrogen-bond donors (Lipinski definition) is 1. The zero-order valence-corrected chi connectivity index (χ0v) is 14.2. The lowest BCUT2D eigenvalue weighted by Gasteiger charge is -2.12. The lowest BCUT2D eigenvalue weighted by atomic mass is 10.0. The van der Waals surface area contributed by atoms with Crippen molar-refractivity contribution < 1.29 is 17.7 Å². The van der Waals surface area contributed by atoms with Crippen LogP contribution in [0, 0.1) is 13.8 Å². The third-order valence-electron chi connectivity index (χ3n) is 3.73. The highest BCUT2D eigenvalue weighted by Crippen LogP contribution is 2.15. The average Bonchev–Trinajstić information content (AvgIpc) is 2.53. The van der Waals surface area contributed by atoms with Crippen LogP contribution in [0.5, 0.6) is 0 Å². The smallest absolute Gasteiger partial charge is 0.297 e. The standard InChI is InChI=1S/C18H22O4S/c1-14-7-11-18(12-8-14)23(20,21)22-13-17(19)10-9-16-6-4-3-5-15(16)2/h3-8,11-12,17,19H,9-10,13H2,1-2H3. The summed E-state index contributed by atoms with van der Waals surface area (Å²) in [5, 5.41) is 9.97. The monoisotopic (exact) mass is 334 g/mol. The SMILES string of the molecule is Cc1ccc(S(=O)(=O)OCC(O)CCc2ccccc2C)cc1. The minimum atomic E-state index is -3.82. The topological polar surface area (TPSA) is 63.6 Å². The van der Waals surface area contributed by atoms with Crippen LogP contribution >= 0.6 is 0 Å². The Morgan fingerprint density at radius 2 is 1.70 bits per heavy atom. The Morgan fingerprint density at radius 3 is 2.35 bits per heavy atom. The molecular weight excluding hydrogens is 312 g/mol. The van der Waals surface area contributed by atoms with Crippen LogP contribution in [0.3, 0.4) is 0 Å². The van der Waals surface area contributed by atoms with Gasteiger partial charge in [0.25, 0.3) is 10.1 Å². The molecule has 2 aromatic carbocycles. The zero-order chi connectivity index (χ0) is 16.9. The molecule has 0 fully saturated rings. The molecule has 1 atom stereocenters. The summed E-state index contributed by atoms with van der Waals surface area (Å²) in [5.74, 6) is 0. The Balaban J connectivity index is 1.87. The molecule has 0 aliphatic rings. The lowest BCUT2D eigenvalue weighted by Crippen LogP contribution is -2.19. The molecule has 5 heteroatoms. The van der Waals surface area contributed by atoms with Crippen LogP contribution in [0.4, 0.5) is 0 Å². The van der Waals surface area contributed by atoms with Crippen molar-refractivity contribution in [2.75, 3.05) is 6.61 Å². The predicted molar refractivity (Wildman–Crippen MR) is 89.8 cm³/mol. The molecule has 0 heterocycles. The number of aliphatic hydroxyl groups is 1.